The Morgan fingerprint density at radius 3 is 1.83 bits per heavy atom. The van der Waals surface area contributed by atoms with E-state index in [0.29, 0.717) is 25.3 Å². The van der Waals surface area contributed by atoms with E-state index >= 15 is 0 Å². The lowest BCUT2D eigenvalue weighted by molar-refractivity contribution is 0.00821. The molecule has 136 valence electrons. The molecule has 0 fully saturated rings. The van der Waals surface area contributed by atoms with Gasteiger partial charge in [0.2, 0.25) is 0 Å². The molecule has 0 rings (SSSR count). The van der Waals surface area contributed by atoms with Gasteiger partial charge in [0.05, 0.1) is 29.1 Å². The van der Waals surface area contributed by atoms with E-state index in [1.807, 2.05) is 41.5 Å². The Kier molecular flexibility index (Phi) is 10.0. The highest BCUT2D eigenvalue weighted by molar-refractivity contribution is 5.92. The third kappa shape index (κ3) is 7.76. The highest BCUT2D eigenvalue weighted by Crippen LogP contribution is 2.11. The first kappa shape index (κ1) is 21.8. The van der Waals surface area contributed by atoms with Gasteiger partial charge in [-0.15, -0.1) is 0 Å². The lowest BCUT2D eigenvalue weighted by Gasteiger charge is -2.29. The topological polar surface area (TPSA) is 98.5 Å². The molecule has 0 aromatic carbocycles. The Balaban J connectivity index is 4.27. The zero-order chi connectivity index (χ0) is 17.9. The smallest absolute Gasteiger partial charge is 0.0807 e. The second kappa shape index (κ2) is 10.6. The minimum Gasteiger partial charge on any atom is -0.411 e. The SMILES string of the molecule is CCC/C(=N\O)C(C)(C)NCCONC(C)(C)/C(CCC)=N/O. The monoisotopic (exact) mass is 330 g/mol. The van der Waals surface area contributed by atoms with Gasteiger partial charge in [0, 0.05) is 6.54 Å². The molecule has 0 aliphatic rings. The van der Waals surface area contributed by atoms with Crippen molar-refractivity contribution in [3.8, 4) is 0 Å². The molecule has 0 saturated heterocycles. The number of oxime groups is 2. The molecule has 0 aromatic heterocycles. The molecule has 7 nitrogen and oxygen atoms in total. The van der Waals surface area contributed by atoms with Crippen LogP contribution in [0.15, 0.2) is 10.3 Å². The van der Waals surface area contributed by atoms with Crippen LogP contribution in [0.5, 0.6) is 0 Å². The summed E-state index contributed by atoms with van der Waals surface area (Å²) < 4.78 is 0. The van der Waals surface area contributed by atoms with E-state index in [9.17, 15) is 0 Å². The third-order valence-electron chi connectivity index (χ3n) is 3.76. The Labute approximate surface area is 140 Å². The number of hydrogen-bond acceptors (Lipinski definition) is 7. The van der Waals surface area contributed by atoms with Crippen LogP contribution in [0.4, 0.5) is 0 Å². The molecular formula is C16H34N4O3. The van der Waals surface area contributed by atoms with Gasteiger partial charge >= 0.3 is 0 Å². The molecule has 0 saturated carbocycles. The lowest BCUT2D eigenvalue weighted by atomic mass is 9.95. The van der Waals surface area contributed by atoms with Crippen LogP contribution < -0.4 is 10.8 Å². The van der Waals surface area contributed by atoms with Crippen LogP contribution in [-0.2, 0) is 4.84 Å². The Morgan fingerprint density at radius 1 is 0.913 bits per heavy atom. The van der Waals surface area contributed by atoms with Crippen molar-refractivity contribution in [2.24, 2.45) is 10.3 Å². The second-order valence-corrected chi connectivity index (χ2v) is 6.72. The van der Waals surface area contributed by atoms with Crippen molar-refractivity contribution in [3.63, 3.8) is 0 Å². The van der Waals surface area contributed by atoms with Gasteiger partial charge < -0.3 is 15.7 Å². The van der Waals surface area contributed by atoms with Crippen LogP contribution >= 0.6 is 0 Å². The zero-order valence-electron chi connectivity index (χ0n) is 15.4. The minimum absolute atomic E-state index is 0.385. The highest BCUT2D eigenvalue weighted by Gasteiger charge is 2.26. The van der Waals surface area contributed by atoms with Crippen molar-refractivity contribution in [2.75, 3.05) is 13.2 Å². The first-order valence-corrected chi connectivity index (χ1v) is 8.31. The van der Waals surface area contributed by atoms with Crippen LogP contribution in [0.2, 0.25) is 0 Å². The highest BCUT2D eigenvalue weighted by atomic mass is 16.6. The van der Waals surface area contributed by atoms with E-state index in [1.54, 1.807) is 0 Å². The average molecular weight is 330 g/mol. The van der Waals surface area contributed by atoms with Gasteiger partial charge in [-0.3, -0.25) is 4.84 Å². The predicted octanol–water partition coefficient (Wildman–Crippen LogP) is 2.92. The molecule has 0 aliphatic heterocycles. The molecule has 0 spiro atoms. The fraction of sp³-hybridized carbons (Fsp3) is 0.875. The molecule has 0 radical (unpaired) electrons. The summed E-state index contributed by atoms with van der Waals surface area (Å²) in [7, 11) is 0. The first-order chi connectivity index (χ1) is 10.7. The third-order valence-corrected chi connectivity index (χ3v) is 3.76. The number of hydrogen-bond donors (Lipinski definition) is 4. The molecule has 7 heteroatoms. The van der Waals surface area contributed by atoms with Crippen LogP contribution in [0.3, 0.4) is 0 Å². The van der Waals surface area contributed by atoms with Gasteiger partial charge in [-0.1, -0.05) is 37.0 Å². The van der Waals surface area contributed by atoms with E-state index in [2.05, 4.69) is 21.1 Å². The second-order valence-electron chi connectivity index (χ2n) is 6.72. The summed E-state index contributed by atoms with van der Waals surface area (Å²) in [5.41, 5.74) is 3.41. The van der Waals surface area contributed by atoms with E-state index in [4.69, 9.17) is 15.3 Å². The molecule has 4 N–H and O–H groups in total. The van der Waals surface area contributed by atoms with Gasteiger partial charge in [0.15, 0.2) is 0 Å². The number of hydroxylamine groups is 1. The van der Waals surface area contributed by atoms with Crippen LogP contribution in [0, 0.1) is 0 Å². The van der Waals surface area contributed by atoms with Gasteiger partial charge in [0.1, 0.15) is 0 Å². The summed E-state index contributed by atoms with van der Waals surface area (Å²) in [6.45, 7) is 12.9. The average Bonchev–Trinajstić information content (AvgIpc) is 2.49. The van der Waals surface area contributed by atoms with Crippen molar-refractivity contribution in [3.05, 3.63) is 0 Å². The molecule has 0 aliphatic carbocycles. The molecule has 0 heterocycles. The molecular weight excluding hydrogens is 296 g/mol. The van der Waals surface area contributed by atoms with Crippen LogP contribution in [0.1, 0.15) is 67.2 Å². The van der Waals surface area contributed by atoms with Gasteiger partial charge in [0.25, 0.3) is 0 Å². The molecule has 0 aromatic rings. The molecule has 0 bridgehead atoms. The van der Waals surface area contributed by atoms with Gasteiger partial charge in [-0.05, 0) is 40.5 Å². The molecule has 0 unspecified atom stereocenters. The van der Waals surface area contributed by atoms with Crippen LogP contribution in [-0.4, -0.2) is 46.1 Å². The van der Waals surface area contributed by atoms with Crippen molar-refractivity contribution in [2.45, 2.75) is 78.3 Å². The molecule has 0 atom stereocenters. The Morgan fingerprint density at radius 2 is 1.39 bits per heavy atom. The largest absolute Gasteiger partial charge is 0.411 e. The molecule has 0 amide bonds. The van der Waals surface area contributed by atoms with E-state index in [-0.39, 0.29) is 5.54 Å². The quantitative estimate of drug-likeness (QED) is 0.191. The summed E-state index contributed by atoms with van der Waals surface area (Å²) in [4.78, 5) is 5.49. The maximum atomic E-state index is 9.11. The van der Waals surface area contributed by atoms with E-state index < -0.39 is 5.54 Å². The predicted molar refractivity (Wildman–Crippen MR) is 93.5 cm³/mol. The van der Waals surface area contributed by atoms with E-state index in [1.165, 1.54) is 0 Å². The van der Waals surface area contributed by atoms with Gasteiger partial charge in [-0.2, -0.15) is 5.48 Å². The van der Waals surface area contributed by atoms with Crippen molar-refractivity contribution >= 4 is 11.4 Å². The van der Waals surface area contributed by atoms with Crippen molar-refractivity contribution < 1.29 is 15.3 Å². The summed E-state index contributed by atoms with van der Waals surface area (Å²) in [5.74, 6) is 0. The fourth-order valence-corrected chi connectivity index (χ4v) is 2.26. The lowest BCUT2D eigenvalue weighted by Crippen LogP contribution is -2.50. The summed E-state index contributed by atoms with van der Waals surface area (Å²) in [6.07, 6.45) is 3.28. The van der Waals surface area contributed by atoms with Crippen molar-refractivity contribution in [1.82, 2.24) is 10.8 Å². The molecule has 23 heavy (non-hydrogen) atoms. The summed E-state index contributed by atoms with van der Waals surface area (Å²) >= 11 is 0. The summed E-state index contributed by atoms with van der Waals surface area (Å²) in [6, 6.07) is 0. The van der Waals surface area contributed by atoms with Crippen molar-refractivity contribution in [1.29, 1.82) is 0 Å². The normalized spacial score (nSPS) is 14.3. The van der Waals surface area contributed by atoms with Crippen LogP contribution in [0.25, 0.3) is 0 Å². The standard InChI is InChI=1S/C16H34N4O3/c1-7-9-13(18-21)15(3,4)17-11-12-23-20-16(5,6)14(19-22)10-8-2/h17,20-22H,7-12H2,1-6H3/b18-13+,19-14+. The van der Waals surface area contributed by atoms with E-state index in [0.717, 1.165) is 25.0 Å². The fourth-order valence-electron chi connectivity index (χ4n) is 2.26. The zero-order valence-corrected chi connectivity index (χ0v) is 15.4. The Bertz CT molecular complexity index is 357. The maximum Gasteiger partial charge on any atom is 0.0807 e. The number of rotatable bonds is 12. The van der Waals surface area contributed by atoms with Gasteiger partial charge in [-0.25, -0.2) is 0 Å². The minimum atomic E-state index is -0.528. The Hall–Kier alpha value is -1.18. The number of nitrogens with one attached hydrogen (secondary N) is 2. The first-order valence-electron chi connectivity index (χ1n) is 8.31. The summed E-state index contributed by atoms with van der Waals surface area (Å²) in [5, 5.41) is 28.3. The maximum absolute atomic E-state index is 9.11. The number of nitrogens with zero attached hydrogens (tertiary/aromatic N) is 2.